The first-order valence-electron chi connectivity index (χ1n) is 6.83. The summed E-state index contributed by atoms with van der Waals surface area (Å²) in [7, 11) is 0. The van der Waals surface area contributed by atoms with Crippen LogP contribution in [-0.4, -0.2) is 19.0 Å². The number of benzene rings is 2. The van der Waals surface area contributed by atoms with Gasteiger partial charge in [0.1, 0.15) is 6.07 Å². The van der Waals surface area contributed by atoms with Crippen LogP contribution < -0.4 is 10.6 Å². The summed E-state index contributed by atoms with van der Waals surface area (Å²) in [6.07, 6.45) is 0.878. The smallest absolute Gasteiger partial charge is 0.238 e. The summed E-state index contributed by atoms with van der Waals surface area (Å²) in [5.41, 5.74) is 2.25. The number of hydrogen-bond donors (Lipinski definition) is 2. The normalized spacial score (nSPS) is 9.86. The maximum Gasteiger partial charge on any atom is 0.238 e. The van der Waals surface area contributed by atoms with Crippen LogP contribution in [0.1, 0.15) is 11.1 Å². The second-order valence-corrected chi connectivity index (χ2v) is 4.62. The molecule has 21 heavy (non-hydrogen) atoms. The van der Waals surface area contributed by atoms with E-state index in [1.807, 2.05) is 18.2 Å². The van der Waals surface area contributed by atoms with Crippen molar-refractivity contribution in [1.82, 2.24) is 5.32 Å². The van der Waals surface area contributed by atoms with Crippen LogP contribution in [0.5, 0.6) is 0 Å². The summed E-state index contributed by atoms with van der Waals surface area (Å²) >= 11 is 0. The number of carbonyl (C=O) groups is 1. The Kier molecular flexibility index (Phi) is 5.50. The van der Waals surface area contributed by atoms with E-state index >= 15 is 0 Å². The Morgan fingerprint density at radius 2 is 1.76 bits per heavy atom. The minimum Gasteiger partial charge on any atom is -0.324 e. The number of hydrogen-bond acceptors (Lipinski definition) is 3. The second-order valence-electron chi connectivity index (χ2n) is 4.62. The van der Waals surface area contributed by atoms with E-state index in [-0.39, 0.29) is 12.5 Å². The first-order valence-corrected chi connectivity index (χ1v) is 6.83. The van der Waals surface area contributed by atoms with E-state index < -0.39 is 0 Å². The molecule has 0 saturated carbocycles. The molecule has 4 nitrogen and oxygen atoms in total. The van der Waals surface area contributed by atoms with Gasteiger partial charge in [0.05, 0.1) is 17.8 Å². The minimum absolute atomic E-state index is 0.147. The zero-order chi connectivity index (χ0) is 14.9. The molecule has 0 atom stereocenters. The van der Waals surface area contributed by atoms with Crippen LogP contribution in [0, 0.1) is 11.3 Å². The molecule has 0 saturated heterocycles. The quantitative estimate of drug-likeness (QED) is 0.798. The highest BCUT2D eigenvalue weighted by Crippen LogP contribution is 2.12. The fraction of sp³-hybridized carbons (Fsp3) is 0.176. The van der Waals surface area contributed by atoms with Crippen molar-refractivity contribution in [2.24, 2.45) is 0 Å². The first kappa shape index (κ1) is 14.8. The molecule has 4 heteroatoms. The van der Waals surface area contributed by atoms with Crippen molar-refractivity contribution in [2.45, 2.75) is 6.42 Å². The van der Waals surface area contributed by atoms with Gasteiger partial charge in [-0.05, 0) is 30.7 Å². The van der Waals surface area contributed by atoms with Gasteiger partial charge in [0.25, 0.3) is 0 Å². The molecular weight excluding hydrogens is 262 g/mol. The molecule has 2 aromatic carbocycles. The van der Waals surface area contributed by atoms with Crippen molar-refractivity contribution >= 4 is 11.6 Å². The molecule has 0 fully saturated rings. The monoisotopic (exact) mass is 279 g/mol. The number of rotatable bonds is 6. The average molecular weight is 279 g/mol. The number of amides is 1. The van der Waals surface area contributed by atoms with Gasteiger partial charge in [-0.1, -0.05) is 42.5 Å². The van der Waals surface area contributed by atoms with Crippen molar-refractivity contribution < 1.29 is 4.79 Å². The largest absolute Gasteiger partial charge is 0.324 e. The average Bonchev–Trinajstić information content (AvgIpc) is 2.53. The third-order valence-corrected chi connectivity index (χ3v) is 3.04. The van der Waals surface area contributed by atoms with Crippen molar-refractivity contribution in [3.8, 4) is 6.07 Å². The van der Waals surface area contributed by atoms with E-state index in [0.29, 0.717) is 11.3 Å². The lowest BCUT2D eigenvalue weighted by Crippen LogP contribution is -2.29. The van der Waals surface area contributed by atoms with Gasteiger partial charge in [-0.2, -0.15) is 5.26 Å². The molecule has 1 amide bonds. The lowest BCUT2D eigenvalue weighted by atomic mass is 10.1. The van der Waals surface area contributed by atoms with E-state index in [1.54, 1.807) is 24.3 Å². The van der Waals surface area contributed by atoms with Crippen molar-refractivity contribution in [3.05, 3.63) is 65.7 Å². The molecule has 0 bridgehead atoms. The summed E-state index contributed by atoms with van der Waals surface area (Å²) < 4.78 is 0. The third kappa shape index (κ3) is 4.75. The third-order valence-electron chi connectivity index (χ3n) is 3.04. The molecule has 0 aliphatic rings. The van der Waals surface area contributed by atoms with Gasteiger partial charge in [0.2, 0.25) is 5.91 Å². The Bertz CT molecular complexity index is 632. The molecular formula is C17H17N3O. The second kappa shape index (κ2) is 7.83. The molecule has 0 aliphatic carbocycles. The van der Waals surface area contributed by atoms with Crippen LogP contribution in [-0.2, 0) is 11.2 Å². The zero-order valence-electron chi connectivity index (χ0n) is 11.7. The highest BCUT2D eigenvalue weighted by Gasteiger charge is 2.05. The number of para-hydroxylation sites is 1. The Balaban J connectivity index is 1.74. The Labute approximate surface area is 124 Å². The van der Waals surface area contributed by atoms with Crippen LogP contribution in [0.25, 0.3) is 0 Å². The number of carbonyl (C=O) groups excluding carboxylic acids is 1. The van der Waals surface area contributed by atoms with E-state index in [2.05, 4.69) is 28.8 Å². The fourth-order valence-electron chi connectivity index (χ4n) is 1.96. The lowest BCUT2D eigenvalue weighted by molar-refractivity contribution is -0.115. The highest BCUT2D eigenvalue weighted by molar-refractivity contribution is 5.93. The van der Waals surface area contributed by atoms with Gasteiger partial charge in [-0.3, -0.25) is 4.79 Å². The van der Waals surface area contributed by atoms with Gasteiger partial charge in [-0.25, -0.2) is 0 Å². The van der Waals surface area contributed by atoms with Crippen LogP contribution in [0.3, 0.4) is 0 Å². The topological polar surface area (TPSA) is 64.9 Å². The zero-order valence-corrected chi connectivity index (χ0v) is 11.7. The van der Waals surface area contributed by atoms with E-state index in [0.717, 1.165) is 13.0 Å². The summed E-state index contributed by atoms with van der Waals surface area (Å²) in [6.45, 7) is 0.962. The number of nitriles is 1. The molecule has 0 spiro atoms. The Hall–Kier alpha value is -2.64. The van der Waals surface area contributed by atoms with Gasteiger partial charge < -0.3 is 10.6 Å². The van der Waals surface area contributed by atoms with Crippen molar-refractivity contribution in [1.29, 1.82) is 5.26 Å². The summed E-state index contributed by atoms with van der Waals surface area (Å²) in [4.78, 5) is 11.8. The molecule has 2 N–H and O–H groups in total. The number of anilines is 1. The first-order chi connectivity index (χ1) is 10.3. The van der Waals surface area contributed by atoms with Gasteiger partial charge in [0.15, 0.2) is 0 Å². The van der Waals surface area contributed by atoms with Gasteiger partial charge in [-0.15, -0.1) is 0 Å². The van der Waals surface area contributed by atoms with Gasteiger partial charge in [0, 0.05) is 0 Å². The highest BCUT2D eigenvalue weighted by atomic mass is 16.1. The maximum absolute atomic E-state index is 11.8. The minimum atomic E-state index is -0.147. The van der Waals surface area contributed by atoms with Crippen molar-refractivity contribution in [2.75, 3.05) is 18.4 Å². The van der Waals surface area contributed by atoms with Crippen LogP contribution in [0.2, 0.25) is 0 Å². The molecule has 0 aliphatic heterocycles. The van der Waals surface area contributed by atoms with Crippen molar-refractivity contribution in [3.63, 3.8) is 0 Å². The molecule has 0 unspecified atom stereocenters. The van der Waals surface area contributed by atoms with Crippen LogP contribution >= 0.6 is 0 Å². The molecule has 0 heterocycles. The Morgan fingerprint density at radius 3 is 2.52 bits per heavy atom. The van der Waals surface area contributed by atoms with E-state index in [1.165, 1.54) is 5.56 Å². The van der Waals surface area contributed by atoms with Crippen LogP contribution in [0.15, 0.2) is 54.6 Å². The molecule has 2 aromatic rings. The van der Waals surface area contributed by atoms with E-state index in [4.69, 9.17) is 5.26 Å². The molecule has 0 aromatic heterocycles. The molecule has 106 valence electrons. The maximum atomic E-state index is 11.8. The predicted molar refractivity (Wildman–Crippen MR) is 82.8 cm³/mol. The summed E-state index contributed by atoms with van der Waals surface area (Å²) in [5.74, 6) is -0.147. The summed E-state index contributed by atoms with van der Waals surface area (Å²) in [6, 6.07) is 19.1. The van der Waals surface area contributed by atoms with Crippen LogP contribution in [0.4, 0.5) is 5.69 Å². The SMILES string of the molecule is N#Cc1ccccc1NC(=O)CNCCc1ccccc1. The van der Waals surface area contributed by atoms with E-state index in [9.17, 15) is 4.79 Å². The number of nitrogens with zero attached hydrogens (tertiary/aromatic N) is 1. The lowest BCUT2D eigenvalue weighted by Gasteiger charge is -2.08. The molecule has 0 radical (unpaired) electrons. The standard InChI is InChI=1S/C17H17N3O/c18-12-15-8-4-5-9-16(15)20-17(21)13-19-11-10-14-6-2-1-3-7-14/h1-9,19H,10-11,13H2,(H,20,21). The Morgan fingerprint density at radius 1 is 1.05 bits per heavy atom. The number of nitrogens with one attached hydrogen (secondary N) is 2. The predicted octanol–water partition coefficient (Wildman–Crippen LogP) is 2.33. The molecule has 2 rings (SSSR count). The summed E-state index contributed by atoms with van der Waals surface area (Å²) in [5, 5.41) is 14.8. The van der Waals surface area contributed by atoms with Gasteiger partial charge >= 0.3 is 0 Å². The fourth-order valence-corrected chi connectivity index (χ4v) is 1.96.